The average molecular weight is 260 g/mol. The summed E-state index contributed by atoms with van der Waals surface area (Å²) >= 11 is 0. The monoisotopic (exact) mass is 260 g/mol. The molecule has 0 spiro atoms. The van der Waals surface area contributed by atoms with Crippen LogP contribution in [0.25, 0.3) is 6.08 Å². The Morgan fingerprint density at radius 3 is 2.58 bits per heavy atom. The lowest BCUT2D eigenvalue weighted by Crippen LogP contribution is -2.26. The molecule has 1 aromatic rings. The predicted molar refractivity (Wildman–Crippen MR) is 77.1 cm³/mol. The molecule has 102 valence electrons. The van der Waals surface area contributed by atoms with Crippen molar-refractivity contribution < 1.29 is 4.39 Å². The molecular formula is C16H21FN2. The minimum Gasteiger partial charge on any atom is -0.311 e. The zero-order valence-electron chi connectivity index (χ0n) is 12.0. The molecule has 0 aromatic heterocycles. The second-order valence-corrected chi connectivity index (χ2v) is 5.26. The minimum absolute atomic E-state index is 0.0914. The van der Waals surface area contributed by atoms with Gasteiger partial charge in [0, 0.05) is 12.6 Å². The number of nitrogens with zero attached hydrogens (tertiary/aromatic N) is 1. The second kappa shape index (κ2) is 7.06. The van der Waals surface area contributed by atoms with Gasteiger partial charge in [-0.15, -0.1) is 0 Å². The molecule has 0 aliphatic rings. The minimum atomic E-state index is -0.467. The van der Waals surface area contributed by atoms with Crippen LogP contribution in [0.15, 0.2) is 23.8 Å². The highest BCUT2D eigenvalue weighted by Gasteiger charge is 2.06. The van der Waals surface area contributed by atoms with Gasteiger partial charge in [-0.3, -0.25) is 0 Å². The molecule has 0 heterocycles. The van der Waals surface area contributed by atoms with Crippen molar-refractivity contribution in [1.29, 1.82) is 5.26 Å². The summed E-state index contributed by atoms with van der Waals surface area (Å²) in [5.74, 6) is -0.0621. The summed E-state index contributed by atoms with van der Waals surface area (Å²) in [6, 6.07) is 6.93. The van der Waals surface area contributed by atoms with E-state index in [1.54, 1.807) is 12.1 Å². The first kappa shape index (κ1) is 15.4. The molecule has 0 aliphatic carbocycles. The number of hydrogen-bond acceptors (Lipinski definition) is 2. The van der Waals surface area contributed by atoms with Gasteiger partial charge in [0.05, 0.1) is 5.56 Å². The van der Waals surface area contributed by atoms with E-state index in [9.17, 15) is 4.39 Å². The van der Waals surface area contributed by atoms with E-state index in [0.717, 1.165) is 12.1 Å². The number of nitrogens with one attached hydrogen (secondary N) is 1. The van der Waals surface area contributed by atoms with Crippen molar-refractivity contribution >= 4 is 6.08 Å². The number of halogens is 1. The molecule has 0 bridgehead atoms. The van der Waals surface area contributed by atoms with Crippen molar-refractivity contribution in [2.75, 3.05) is 6.54 Å². The third-order valence-corrected chi connectivity index (χ3v) is 2.92. The highest BCUT2D eigenvalue weighted by Crippen LogP contribution is 2.17. The van der Waals surface area contributed by atoms with E-state index in [1.165, 1.54) is 11.6 Å². The summed E-state index contributed by atoms with van der Waals surface area (Å²) in [5, 5.41) is 12.2. The molecule has 0 aliphatic heterocycles. The molecule has 0 unspecified atom stereocenters. The maximum absolute atomic E-state index is 13.3. The predicted octanol–water partition coefficient (Wildman–Crippen LogP) is 3.73. The molecule has 0 fully saturated rings. The number of hydrogen-bond donors (Lipinski definition) is 1. The Morgan fingerprint density at radius 1 is 1.37 bits per heavy atom. The topological polar surface area (TPSA) is 35.8 Å². The maximum atomic E-state index is 13.3. The van der Waals surface area contributed by atoms with Gasteiger partial charge in [-0.25, -0.2) is 4.39 Å². The average Bonchev–Trinajstić information content (AvgIpc) is 2.35. The van der Waals surface area contributed by atoms with Crippen LogP contribution in [0.1, 0.15) is 38.8 Å². The van der Waals surface area contributed by atoms with Crippen LogP contribution >= 0.6 is 0 Å². The fraction of sp³-hybridized carbons (Fsp3) is 0.438. The molecular weight excluding hydrogens is 239 g/mol. The van der Waals surface area contributed by atoms with E-state index in [-0.39, 0.29) is 5.56 Å². The Hall–Kier alpha value is -1.66. The Balaban J connectivity index is 2.99. The zero-order chi connectivity index (χ0) is 14.4. The third kappa shape index (κ3) is 4.84. The standard InChI is InChI=1S/C16H21FN2/c1-11(2)15(10-19-12(3)4)8-13-5-6-16(17)14(7-13)9-18/h5-8,11-12,19H,10H2,1-4H3/b15-8-. The number of benzene rings is 1. The maximum Gasteiger partial charge on any atom is 0.140 e. The summed E-state index contributed by atoms with van der Waals surface area (Å²) in [6.45, 7) is 9.26. The second-order valence-electron chi connectivity index (χ2n) is 5.26. The van der Waals surface area contributed by atoms with Gasteiger partial charge in [-0.05, 0) is 23.6 Å². The van der Waals surface area contributed by atoms with E-state index >= 15 is 0 Å². The van der Waals surface area contributed by atoms with Crippen LogP contribution in [-0.4, -0.2) is 12.6 Å². The van der Waals surface area contributed by atoms with Gasteiger partial charge in [0.1, 0.15) is 11.9 Å². The number of rotatable bonds is 5. The van der Waals surface area contributed by atoms with E-state index in [4.69, 9.17) is 5.26 Å². The summed E-state index contributed by atoms with van der Waals surface area (Å²) in [5.41, 5.74) is 2.20. The van der Waals surface area contributed by atoms with Crippen molar-refractivity contribution in [2.24, 2.45) is 5.92 Å². The van der Waals surface area contributed by atoms with Crippen molar-refractivity contribution in [3.8, 4) is 6.07 Å². The fourth-order valence-corrected chi connectivity index (χ4v) is 1.68. The normalized spacial score (nSPS) is 12.0. The highest BCUT2D eigenvalue weighted by atomic mass is 19.1. The van der Waals surface area contributed by atoms with Crippen LogP contribution in [-0.2, 0) is 0 Å². The van der Waals surface area contributed by atoms with Crippen molar-refractivity contribution in [2.45, 2.75) is 33.7 Å². The van der Waals surface area contributed by atoms with E-state index in [1.807, 2.05) is 12.1 Å². The zero-order valence-corrected chi connectivity index (χ0v) is 12.0. The van der Waals surface area contributed by atoms with Crippen LogP contribution < -0.4 is 5.32 Å². The fourth-order valence-electron chi connectivity index (χ4n) is 1.68. The van der Waals surface area contributed by atoms with Crippen molar-refractivity contribution in [3.05, 3.63) is 40.7 Å². The molecule has 1 N–H and O–H groups in total. The Kier molecular flexibility index (Phi) is 5.72. The van der Waals surface area contributed by atoms with Gasteiger partial charge in [-0.2, -0.15) is 5.26 Å². The molecule has 3 heteroatoms. The summed E-state index contributed by atoms with van der Waals surface area (Å²) in [7, 11) is 0. The van der Waals surface area contributed by atoms with Crippen molar-refractivity contribution in [3.63, 3.8) is 0 Å². The molecule has 19 heavy (non-hydrogen) atoms. The summed E-state index contributed by atoms with van der Waals surface area (Å²) in [6.07, 6.45) is 2.03. The molecule has 2 nitrogen and oxygen atoms in total. The first-order chi connectivity index (χ1) is 8.93. The highest BCUT2D eigenvalue weighted by molar-refractivity contribution is 5.56. The van der Waals surface area contributed by atoms with Crippen molar-refractivity contribution in [1.82, 2.24) is 5.32 Å². The molecule has 0 amide bonds. The van der Waals surface area contributed by atoms with Gasteiger partial charge in [0.2, 0.25) is 0 Å². The van der Waals surface area contributed by atoms with Crippen LogP contribution in [0, 0.1) is 23.1 Å². The quantitative estimate of drug-likeness (QED) is 0.875. The molecule has 0 saturated carbocycles. The van der Waals surface area contributed by atoms with Gasteiger partial charge < -0.3 is 5.32 Å². The molecule has 0 radical (unpaired) electrons. The van der Waals surface area contributed by atoms with Gasteiger partial charge >= 0.3 is 0 Å². The van der Waals surface area contributed by atoms with Crippen LogP contribution in [0.2, 0.25) is 0 Å². The van der Waals surface area contributed by atoms with Crippen LogP contribution in [0.3, 0.4) is 0 Å². The van der Waals surface area contributed by atoms with Crippen LogP contribution in [0.4, 0.5) is 4.39 Å². The molecule has 0 atom stereocenters. The number of nitriles is 1. The van der Waals surface area contributed by atoms with Gasteiger partial charge in [0.15, 0.2) is 0 Å². The first-order valence-corrected chi connectivity index (χ1v) is 6.57. The lowest BCUT2D eigenvalue weighted by atomic mass is 9.99. The van der Waals surface area contributed by atoms with E-state index in [2.05, 4.69) is 33.0 Å². The molecule has 1 rings (SSSR count). The lowest BCUT2D eigenvalue weighted by molar-refractivity contribution is 0.593. The van der Waals surface area contributed by atoms with E-state index < -0.39 is 5.82 Å². The Bertz CT molecular complexity index is 496. The lowest BCUT2D eigenvalue weighted by Gasteiger charge is -2.15. The van der Waals surface area contributed by atoms with E-state index in [0.29, 0.717) is 12.0 Å². The van der Waals surface area contributed by atoms with Crippen LogP contribution in [0.5, 0.6) is 0 Å². The SMILES string of the molecule is CC(C)NC/C(=C/c1ccc(F)c(C#N)c1)C(C)C. The first-order valence-electron chi connectivity index (χ1n) is 6.57. The molecule has 1 aromatic carbocycles. The van der Waals surface area contributed by atoms with Gasteiger partial charge in [-0.1, -0.05) is 45.4 Å². The summed E-state index contributed by atoms with van der Waals surface area (Å²) < 4.78 is 13.3. The van der Waals surface area contributed by atoms with Gasteiger partial charge in [0.25, 0.3) is 0 Å². The Morgan fingerprint density at radius 2 is 2.05 bits per heavy atom. The molecule has 0 saturated heterocycles. The summed E-state index contributed by atoms with van der Waals surface area (Å²) in [4.78, 5) is 0. The Labute approximate surface area is 114 Å². The third-order valence-electron chi connectivity index (χ3n) is 2.92. The smallest absolute Gasteiger partial charge is 0.140 e. The largest absolute Gasteiger partial charge is 0.311 e.